The first-order valence-corrected chi connectivity index (χ1v) is 10.6. The fourth-order valence-corrected chi connectivity index (χ4v) is 4.32. The van der Waals surface area contributed by atoms with Crippen LogP contribution in [0.4, 0.5) is 5.69 Å². The summed E-state index contributed by atoms with van der Waals surface area (Å²) in [5, 5.41) is 15.6. The number of halogens is 1. The Labute approximate surface area is 178 Å². The van der Waals surface area contributed by atoms with Crippen LogP contribution in [0.15, 0.2) is 54.6 Å². The third kappa shape index (κ3) is 4.44. The minimum atomic E-state index is -1.01. The summed E-state index contributed by atoms with van der Waals surface area (Å²) in [5.74, 6) is 0.220. The molecule has 2 aromatic rings. The van der Waals surface area contributed by atoms with Gasteiger partial charge in [-0.05, 0) is 42.2 Å². The summed E-state index contributed by atoms with van der Waals surface area (Å²) in [5.41, 5.74) is 0.285. The third-order valence-electron chi connectivity index (χ3n) is 6.11. The fraction of sp³-hybridized carbons (Fsp3) is 0.458. The van der Waals surface area contributed by atoms with Crippen molar-refractivity contribution in [3.63, 3.8) is 0 Å². The molecule has 2 atom stereocenters. The molecule has 0 saturated carbocycles. The Morgan fingerprint density at radius 3 is 2.28 bits per heavy atom. The van der Waals surface area contributed by atoms with E-state index in [1.165, 1.54) is 0 Å². The number of benzene rings is 2. The maximum absolute atomic E-state index is 13.4. The molecule has 3 rings (SSSR count). The summed E-state index contributed by atoms with van der Waals surface area (Å²) < 4.78 is 0. The lowest BCUT2D eigenvalue weighted by molar-refractivity contribution is -0.154. The van der Waals surface area contributed by atoms with Crippen LogP contribution in [0.5, 0.6) is 0 Å². The van der Waals surface area contributed by atoms with E-state index in [4.69, 9.17) is 11.6 Å². The molecule has 29 heavy (non-hydrogen) atoms. The van der Waals surface area contributed by atoms with Crippen molar-refractivity contribution in [1.82, 2.24) is 4.90 Å². The number of carbonyl (C=O) groups is 1. The number of anilines is 1. The number of para-hydroxylation sites is 1. The highest BCUT2D eigenvalue weighted by molar-refractivity contribution is 6.30. The molecule has 156 valence electrons. The van der Waals surface area contributed by atoms with E-state index in [0.29, 0.717) is 24.5 Å². The number of aliphatic hydroxyl groups is 1. The second-order valence-electron chi connectivity index (χ2n) is 8.99. The van der Waals surface area contributed by atoms with Gasteiger partial charge in [0.2, 0.25) is 5.91 Å². The van der Waals surface area contributed by atoms with Crippen molar-refractivity contribution in [3.05, 3.63) is 65.2 Å². The minimum Gasteiger partial charge on any atom is -0.384 e. The Balaban J connectivity index is 1.78. The summed E-state index contributed by atoms with van der Waals surface area (Å²) in [6, 6.07) is 16.9. The van der Waals surface area contributed by atoms with Crippen LogP contribution in [-0.4, -0.2) is 35.0 Å². The first-order valence-electron chi connectivity index (χ1n) is 10.2. The Morgan fingerprint density at radius 1 is 1.10 bits per heavy atom. The van der Waals surface area contributed by atoms with Crippen LogP contribution in [0, 0.1) is 11.3 Å². The standard InChI is InChI=1S/C24H31ClN2O2/c1-17(2)21(26-20-8-6-5-7-9-20)22(28)27-15-14-24(29,23(3,4)16-27)18-10-12-19(25)13-11-18/h5-13,17,21,26,29H,14-16H2,1-4H3. The van der Waals surface area contributed by atoms with Crippen molar-refractivity contribution in [2.45, 2.75) is 45.8 Å². The van der Waals surface area contributed by atoms with E-state index in [1.807, 2.05) is 61.2 Å². The summed E-state index contributed by atoms with van der Waals surface area (Å²) in [6.45, 7) is 9.16. The van der Waals surface area contributed by atoms with Crippen LogP contribution >= 0.6 is 11.6 Å². The first kappa shape index (κ1) is 21.7. The van der Waals surface area contributed by atoms with Gasteiger partial charge in [0.25, 0.3) is 0 Å². The van der Waals surface area contributed by atoms with E-state index < -0.39 is 11.0 Å². The van der Waals surface area contributed by atoms with E-state index >= 15 is 0 Å². The molecular weight excluding hydrogens is 384 g/mol. The zero-order chi connectivity index (χ0) is 21.2. The number of likely N-dealkylation sites (tertiary alicyclic amines) is 1. The second-order valence-corrected chi connectivity index (χ2v) is 9.43. The summed E-state index contributed by atoms with van der Waals surface area (Å²) in [4.78, 5) is 15.3. The van der Waals surface area contributed by atoms with Crippen LogP contribution in [0.3, 0.4) is 0 Å². The zero-order valence-corrected chi connectivity index (χ0v) is 18.4. The van der Waals surface area contributed by atoms with Gasteiger partial charge in [0.15, 0.2) is 0 Å². The van der Waals surface area contributed by atoms with Crippen molar-refractivity contribution in [2.75, 3.05) is 18.4 Å². The molecule has 1 aliphatic rings. The molecule has 0 aromatic heterocycles. The summed E-state index contributed by atoms with van der Waals surface area (Å²) in [6.07, 6.45) is 0.490. The van der Waals surface area contributed by atoms with Gasteiger partial charge < -0.3 is 15.3 Å². The molecule has 2 N–H and O–H groups in total. The molecule has 0 bridgehead atoms. The number of nitrogens with one attached hydrogen (secondary N) is 1. The monoisotopic (exact) mass is 414 g/mol. The summed E-state index contributed by atoms with van der Waals surface area (Å²) >= 11 is 6.02. The molecule has 4 nitrogen and oxygen atoms in total. The molecule has 1 aliphatic heterocycles. The molecule has 1 saturated heterocycles. The smallest absolute Gasteiger partial charge is 0.245 e. The zero-order valence-electron chi connectivity index (χ0n) is 17.7. The number of carbonyl (C=O) groups excluding carboxylic acids is 1. The Morgan fingerprint density at radius 2 is 1.72 bits per heavy atom. The quantitative estimate of drug-likeness (QED) is 0.729. The Kier molecular flexibility index (Phi) is 6.25. The van der Waals surface area contributed by atoms with Crippen molar-refractivity contribution >= 4 is 23.2 Å². The van der Waals surface area contributed by atoms with Crippen molar-refractivity contribution < 1.29 is 9.90 Å². The molecule has 1 heterocycles. The van der Waals surface area contributed by atoms with E-state index in [9.17, 15) is 9.90 Å². The van der Waals surface area contributed by atoms with E-state index in [1.54, 1.807) is 12.1 Å². The van der Waals surface area contributed by atoms with Gasteiger partial charge in [-0.2, -0.15) is 0 Å². The molecule has 2 aromatic carbocycles. The molecule has 1 fully saturated rings. The minimum absolute atomic E-state index is 0.0788. The average Bonchev–Trinajstić information content (AvgIpc) is 2.68. The van der Waals surface area contributed by atoms with Crippen molar-refractivity contribution in [2.24, 2.45) is 11.3 Å². The molecule has 5 heteroatoms. The predicted octanol–water partition coefficient (Wildman–Crippen LogP) is 4.92. The highest BCUT2D eigenvalue weighted by Gasteiger charge is 2.50. The molecule has 0 spiro atoms. The van der Waals surface area contributed by atoms with Gasteiger partial charge in [0.05, 0.1) is 5.60 Å². The molecule has 0 radical (unpaired) electrons. The number of amides is 1. The number of nitrogens with zero attached hydrogens (tertiary/aromatic N) is 1. The largest absolute Gasteiger partial charge is 0.384 e. The lowest BCUT2D eigenvalue weighted by Gasteiger charge is -2.51. The third-order valence-corrected chi connectivity index (χ3v) is 6.36. The predicted molar refractivity (Wildman–Crippen MR) is 119 cm³/mol. The normalized spacial score (nSPS) is 22.4. The van der Waals surface area contributed by atoms with Gasteiger partial charge in [-0.1, -0.05) is 69.6 Å². The van der Waals surface area contributed by atoms with Gasteiger partial charge in [0.1, 0.15) is 6.04 Å². The molecule has 2 unspecified atom stereocenters. The maximum atomic E-state index is 13.4. The van der Waals surface area contributed by atoms with Gasteiger partial charge in [-0.15, -0.1) is 0 Å². The van der Waals surface area contributed by atoms with E-state index in [-0.39, 0.29) is 17.9 Å². The Bertz CT molecular complexity index is 836. The van der Waals surface area contributed by atoms with Gasteiger partial charge in [-0.25, -0.2) is 0 Å². The van der Waals surface area contributed by atoms with Gasteiger partial charge in [-0.3, -0.25) is 4.79 Å². The van der Waals surface area contributed by atoms with Crippen LogP contribution in [0.1, 0.15) is 39.7 Å². The molecule has 1 amide bonds. The van der Waals surface area contributed by atoms with Gasteiger partial charge in [0, 0.05) is 29.2 Å². The number of hydrogen-bond acceptors (Lipinski definition) is 3. The topological polar surface area (TPSA) is 52.6 Å². The van der Waals surface area contributed by atoms with Crippen LogP contribution in [0.25, 0.3) is 0 Å². The average molecular weight is 415 g/mol. The van der Waals surface area contributed by atoms with Crippen LogP contribution in [0.2, 0.25) is 5.02 Å². The van der Waals surface area contributed by atoms with Crippen molar-refractivity contribution in [3.8, 4) is 0 Å². The molecular formula is C24H31ClN2O2. The van der Waals surface area contributed by atoms with E-state index in [2.05, 4.69) is 19.2 Å². The van der Waals surface area contributed by atoms with E-state index in [0.717, 1.165) is 11.3 Å². The van der Waals surface area contributed by atoms with Crippen LogP contribution < -0.4 is 5.32 Å². The number of hydrogen-bond donors (Lipinski definition) is 2. The van der Waals surface area contributed by atoms with Crippen LogP contribution in [-0.2, 0) is 10.4 Å². The molecule has 0 aliphatic carbocycles. The van der Waals surface area contributed by atoms with Crippen molar-refractivity contribution in [1.29, 1.82) is 0 Å². The Hall–Kier alpha value is -2.04. The lowest BCUT2D eigenvalue weighted by atomic mass is 9.66. The first-order chi connectivity index (χ1) is 13.6. The highest BCUT2D eigenvalue weighted by Crippen LogP contribution is 2.46. The fourth-order valence-electron chi connectivity index (χ4n) is 4.20. The summed E-state index contributed by atoms with van der Waals surface area (Å²) in [7, 11) is 0. The lowest BCUT2D eigenvalue weighted by Crippen LogP contribution is -2.59. The number of piperidine rings is 1. The van der Waals surface area contributed by atoms with Gasteiger partial charge >= 0.3 is 0 Å². The SMILES string of the molecule is CC(C)C(Nc1ccccc1)C(=O)N1CCC(O)(c2ccc(Cl)cc2)C(C)(C)C1. The highest BCUT2D eigenvalue weighted by atomic mass is 35.5. The number of rotatable bonds is 5. The second kappa shape index (κ2) is 8.37. The maximum Gasteiger partial charge on any atom is 0.245 e.